The Morgan fingerprint density at radius 1 is 1.00 bits per heavy atom. The first-order valence-electron chi connectivity index (χ1n) is 13.2. The van der Waals surface area contributed by atoms with Gasteiger partial charge in [0.1, 0.15) is 29.8 Å². The number of aliphatic hydroxyl groups is 5. The van der Waals surface area contributed by atoms with Crippen LogP contribution in [0.1, 0.15) is 59.1 Å². The maximum atomic E-state index is 12.4. The van der Waals surface area contributed by atoms with Crippen molar-refractivity contribution in [1.29, 1.82) is 0 Å². The zero-order valence-corrected chi connectivity index (χ0v) is 24.8. The molecule has 1 saturated carbocycles. The van der Waals surface area contributed by atoms with E-state index in [0.29, 0.717) is 21.3 Å². The first-order valence-corrected chi connectivity index (χ1v) is 15.3. The van der Waals surface area contributed by atoms with Gasteiger partial charge < -0.3 is 30.3 Å². The second kappa shape index (κ2) is 15.3. The van der Waals surface area contributed by atoms with E-state index in [1.54, 1.807) is 19.1 Å². The van der Waals surface area contributed by atoms with E-state index in [1.165, 1.54) is 11.3 Å². The van der Waals surface area contributed by atoms with E-state index < -0.39 is 43.1 Å². The molecule has 1 heterocycles. The van der Waals surface area contributed by atoms with Crippen LogP contribution in [0.4, 0.5) is 0 Å². The van der Waals surface area contributed by atoms with Crippen molar-refractivity contribution < 1.29 is 35.1 Å². The van der Waals surface area contributed by atoms with Gasteiger partial charge in [0.25, 0.3) is 0 Å². The topological polar surface area (TPSA) is 127 Å². The summed E-state index contributed by atoms with van der Waals surface area (Å²) in [5.74, 6) is -0.378. The molecule has 0 bridgehead atoms. The van der Waals surface area contributed by atoms with Crippen LogP contribution >= 0.6 is 46.1 Å². The van der Waals surface area contributed by atoms with Crippen LogP contribution in [0.25, 0.3) is 0 Å². The summed E-state index contributed by atoms with van der Waals surface area (Å²) in [5, 5.41) is 51.1. The molecule has 1 fully saturated rings. The van der Waals surface area contributed by atoms with Gasteiger partial charge in [0.2, 0.25) is 0 Å². The summed E-state index contributed by atoms with van der Waals surface area (Å²) in [5.41, 5.74) is 1.03. The van der Waals surface area contributed by atoms with Gasteiger partial charge in [-0.05, 0) is 92.7 Å². The third-order valence-electron chi connectivity index (χ3n) is 7.43. The predicted molar refractivity (Wildman–Crippen MR) is 154 cm³/mol. The summed E-state index contributed by atoms with van der Waals surface area (Å²) in [7, 11) is 0. The first-order chi connectivity index (χ1) is 18.5. The van der Waals surface area contributed by atoms with Crippen molar-refractivity contribution in [2.45, 2.75) is 87.8 Å². The number of alkyl halides is 1. The zero-order valence-electron chi connectivity index (χ0n) is 21.8. The number of halogens is 3. The Morgan fingerprint density at radius 3 is 2.33 bits per heavy atom. The lowest BCUT2D eigenvalue weighted by Crippen LogP contribution is -2.46. The molecule has 5 N–H and O–H groups in total. The molecule has 0 radical (unpaired) electrons. The van der Waals surface area contributed by atoms with E-state index in [4.69, 9.17) is 39.5 Å². The molecule has 3 rings (SSSR count). The lowest BCUT2D eigenvalue weighted by molar-refractivity contribution is -0.116. The Bertz CT molecular complexity index is 1050. The van der Waals surface area contributed by atoms with Gasteiger partial charge >= 0.3 is 5.97 Å². The number of benzene rings is 1. The lowest BCUT2D eigenvalue weighted by Gasteiger charge is -2.25. The number of carbonyl (C=O) groups excluding carboxylic acids is 1. The average molecular weight is 624 g/mol. The van der Waals surface area contributed by atoms with E-state index >= 15 is 0 Å². The first kappa shape index (κ1) is 32.6. The Morgan fingerprint density at radius 2 is 1.67 bits per heavy atom. The van der Waals surface area contributed by atoms with E-state index in [0.717, 1.165) is 42.5 Å². The highest BCUT2D eigenvalue weighted by molar-refractivity contribution is 7.13. The quantitative estimate of drug-likeness (QED) is 0.153. The fraction of sp³-hybridized carbons (Fsp3) is 0.607. The molecule has 0 spiro atoms. The third-order valence-corrected chi connectivity index (χ3v) is 9.49. The minimum absolute atomic E-state index is 0.0814. The van der Waals surface area contributed by atoms with Crippen molar-refractivity contribution in [3.8, 4) is 0 Å². The maximum absolute atomic E-state index is 12.4. The van der Waals surface area contributed by atoms with Gasteiger partial charge in [0.05, 0.1) is 12.2 Å². The molecule has 0 saturated heterocycles. The van der Waals surface area contributed by atoms with E-state index in [9.17, 15) is 30.3 Å². The van der Waals surface area contributed by atoms with Crippen LogP contribution < -0.4 is 0 Å². The SMILES string of the molecule is CC[C@H](O)[C@@H](O)[C@H](O)[C@H](O)COC(=O)c1ccc(CCC[C@@H]2[C@@H](CCc3cc(Cl)cc(Cl)c3)[C@H](O)C[C@H]2Cl)s1. The monoisotopic (exact) mass is 622 g/mol. The third kappa shape index (κ3) is 9.28. The molecule has 11 heteroatoms. The van der Waals surface area contributed by atoms with Crippen molar-refractivity contribution >= 4 is 52.1 Å². The van der Waals surface area contributed by atoms with Gasteiger partial charge in [-0.15, -0.1) is 22.9 Å². The molecule has 1 aliphatic rings. The highest BCUT2D eigenvalue weighted by Gasteiger charge is 2.40. The summed E-state index contributed by atoms with van der Waals surface area (Å²) < 4.78 is 5.10. The van der Waals surface area contributed by atoms with Crippen LogP contribution in [0.5, 0.6) is 0 Å². The average Bonchev–Trinajstić information content (AvgIpc) is 3.47. The minimum Gasteiger partial charge on any atom is -0.459 e. The van der Waals surface area contributed by atoms with Crippen molar-refractivity contribution in [3.63, 3.8) is 0 Å². The molecule has 2 aromatic rings. The van der Waals surface area contributed by atoms with Crippen molar-refractivity contribution in [1.82, 2.24) is 0 Å². The molecule has 7 nitrogen and oxygen atoms in total. The number of aryl methyl sites for hydroxylation is 2. The van der Waals surface area contributed by atoms with Gasteiger partial charge in [-0.3, -0.25) is 0 Å². The fourth-order valence-corrected chi connectivity index (χ4v) is 7.20. The molecule has 0 aliphatic heterocycles. The molecule has 1 aliphatic carbocycles. The number of hydrogen-bond acceptors (Lipinski definition) is 8. The minimum atomic E-state index is -1.64. The van der Waals surface area contributed by atoms with Crippen molar-refractivity contribution in [2.75, 3.05) is 6.61 Å². The number of hydrogen-bond donors (Lipinski definition) is 5. The Kier molecular flexibility index (Phi) is 12.8. The molecule has 218 valence electrons. The highest BCUT2D eigenvalue weighted by Crippen LogP contribution is 2.42. The van der Waals surface area contributed by atoms with E-state index in [1.807, 2.05) is 18.2 Å². The zero-order chi connectivity index (χ0) is 28.7. The Labute approximate surface area is 248 Å². The van der Waals surface area contributed by atoms with Crippen molar-refractivity contribution in [3.05, 3.63) is 55.7 Å². The number of ether oxygens (including phenoxy) is 1. The molecule has 1 aromatic carbocycles. The summed E-state index contributed by atoms with van der Waals surface area (Å²) >= 11 is 20.2. The molecule has 0 amide bonds. The van der Waals surface area contributed by atoms with Gasteiger partial charge in [0.15, 0.2) is 0 Å². The molecular weight excluding hydrogens is 587 g/mol. The Balaban J connectivity index is 1.46. The van der Waals surface area contributed by atoms with Crippen LogP contribution in [0.2, 0.25) is 10.0 Å². The molecule has 39 heavy (non-hydrogen) atoms. The largest absolute Gasteiger partial charge is 0.459 e. The Hall–Kier alpha value is -0.940. The second-order valence-corrected chi connectivity index (χ2v) is 12.8. The van der Waals surface area contributed by atoms with Crippen LogP contribution in [0, 0.1) is 11.8 Å². The number of rotatable bonds is 14. The van der Waals surface area contributed by atoms with E-state index in [-0.39, 0.29) is 23.6 Å². The molecule has 0 unspecified atom stereocenters. The normalized spacial score (nSPS) is 24.3. The van der Waals surface area contributed by atoms with Gasteiger partial charge in [-0.1, -0.05) is 30.1 Å². The van der Waals surface area contributed by atoms with Crippen LogP contribution in [0.3, 0.4) is 0 Å². The van der Waals surface area contributed by atoms with Crippen LogP contribution in [-0.2, 0) is 17.6 Å². The number of thiophene rings is 1. The smallest absolute Gasteiger partial charge is 0.348 e. The summed E-state index contributed by atoms with van der Waals surface area (Å²) in [4.78, 5) is 13.8. The number of esters is 1. The van der Waals surface area contributed by atoms with Crippen molar-refractivity contribution in [2.24, 2.45) is 11.8 Å². The molecule has 8 atom stereocenters. The summed E-state index contributed by atoms with van der Waals surface area (Å²) in [6, 6.07) is 9.00. The summed E-state index contributed by atoms with van der Waals surface area (Å²) in [6.45, 7) is 1.12. The lowest BCUT2D eigenvalue weighted by atomic mass is 9.85. The maximum Gasteiger partial charge on any atom is 0.348 e. The van der Waals surface area contributed by atoms with Gasteiger partial charge in [-0.25, -0.2) is 4.79 Å². The predicted octanol–water partition coefficient (Wildman–Crippen LogP) is 4.63. The highest BCUT2D eigenvalue weighted by atomic mass is 35.5. The van der Waals surface area contributed by atoms with Gasteiger partial charge in [0, 0.05) is 20.3 Å². The standard InChI is InChI=1S/C28H37Cl3O7S/c1-2-22(32)26(35)27(36)24(34)14-38-28(37)25-9-7-18(39-25)4-3-5-19-20(23(33)13-21(19)31)8-6-15-10-16(29)12-17(30)11-15/h7,9-12,19-24,26-27,32-36H,2-6,8,13-14H2,1H3/t19-,20-,21-,22+,23-,24-,26-,27-/m1/s1. The van der Waals surface area contributed by atoms with E-state index in [2.05, 4.69) is 0 Å². The van der Waals surface area contributed by atoms with Crippen LogP contribution in [-0.4, -0.2) is 74.0 Å². The summed E-state index contributed by atoms with van der Waals surface area (Å²) in [6.07, 6.45) is -1.60. The molecule has 1 aromatic heterocycles. The van der Waals surface area contributed by atoms with Gasteiger partial charge in [-0.2, -0.15) is 0 Å². The number of aliphatic hydroxyl groups excluding tert-OH is 5. The second-order valence-electron chi connectivity index (χ2n) is 10.2. The fourth-order valence-electron chi connectivity index (χ4n) is 5.19. The van der Waals surface area contributed by atoms with Crippen LogP contribution in [0.15, 0.2) is 30.3 Å². The number of carbonyl (C=O) groups is 1. The molecular formula is C28H37Cl3O7S.